The zero-order valence-corrected chi connectivity index (χ0v) is 12.7. The van der Waals surface area contributed by atoms with E-state index < -0.39 is 0 Å². The summed E-state index contributed by atoms with van der Waals surface area (Å²) in [6.45, 7) is 6.42. The van der Waals surface area contributed by atoms with Crippen molar-refractivity contribution in [1.82, 2.24) is 9.78 Å². The highest BCUT2D eigenvalue weighted by Crippen LogP contribution is 2.45. The van der Waals surface area contributed by atoms with E-state index in [0.29, 0.717) is 6.04 Å². The molecule has 1 aliphatic carbocycles. The summed E-state index contributed by atoms with van der Waals surface area (Å²) in [5.74, 6) is 2.31. The molecule has 4 heteroatoms. The summed E-state index contributed by atoms with van der Waals surface area (Å²) in [4.78, 5) is 2.77. The first-order valence-corrected chi connectivity index (χ1v) is 8.39. The molecule has 110 valence electrons. The third-order valence-corrected chi connectivity index (χ3v) is 5.65. The number of hydrogen-bond acceptors (Lipinski definition) is 3. The van der Waals surface area contributed by atoms with Crippen molar-refractivity contribution < 1.29 is 0 Å². The number of rotatable bonds is 1. The highest BCUT2D eigenvalue weighted by molar-refractivity contribution is 5.72. The van der Waals surface area contributed by atoms with Crippen molar-refractivity contribution in [3.05, 3.63) is 5.69 Å². The number of nitrogens with zero attached hydrogens (tertiary/aromatic N) is 3. The van der Waals surface area contributed by atoms with Crippen molar-refractivity contribution in [3.8, 4) is 0 Å². The monoisotopic (exact) mass is 274 g/mol. The maximum atomic E-state index is 4.75. The Balaban J connectivity index is 1.78. The van der Waals surface area contributed by atoms with E-state index in [2.05, 4.69) is 28.7 Å². The van der Waals surface area contributed by atoms with Gasteiger partial charge in [0.15, 0.2) is 5.82 Å². The molecular formula is C16H26N4. The van der Waals surface area contributed by atoms with Crippen molar-refractivity contribution in [3.63, 3.8) is 0 Å². The molecule has 0 radical (unpaired) electrons. The summed E-state index contributed by atoms with van der Waals surface area (Å²) >= 11 is 0. The molecule has 2 fully saturated rings. The number of anilines is 2. The Labute approximate surface area is 121 Å². The summed E-state index contributed by atoms with van der Waals surface area (Å²) in [5.41, 5.74) is 2.47. The van der Waals surface area contributed by atoms with Crippen LogP contribution >= 0.6 is 0 Å². The van der Waals surface area contributed by atoms with Gasteiger partial charge in [-0.2, -0.15) is 5.10 Å². The lowest BCUT2D eigenvalue weighted by Crippen LogP contribution is -2.57. The van der Waals surface area contributed by atoms with Crippen LogP contribution in [0.2, 0.25) is 0 Å². The van der Waals surface area contributed by atoms with Crippen LogP contribution in [0.3, 0.4) is 0 Å². The lowest BCUT2D eigenvalue weighted by atomic mass is 9.76. The molecule has 4 nitrogen and oxygen atoms in total. The Hall–Kier alpha value is -1.19. The molecule has 20 heavy (non-hydrogen) atoms. The molecule has 1 aromatic heterocycles. The van der Waals surface area contributed by atoms with Crippen molar-refractivity contribution >= 4 is 11.5 Å². The van der Waals surface area contributed by atoms with Gasteiger partial charge in [0, 0.05) is 25.2 Å². The molecule has 4 rings (SSSR count). The van der Waals surface area contributed by atoms with Gasteiger partial charge in [-0.1, -0.05) is 12.8 Å². The summed E-state index contributed by atoms with van der Waals surface area (Å²) in [6, 6.07) is 1.45. The molecule has 1 saturated carbocycles. The average Bonchev–Trinajstić information content (AvgIpc) is 2.83. The van der Waals surface area contributed by atoms with Gasteiger partial charge in [-0.15, -0.1) is 0 Å². The van der Waals surface area contributed by atoms with Gasteiger partial charge in [0.05, 0.1) is 5.69 Å². The van der Waals surface area contributed by atoms with Crippen LogP contribution in [0.4, 0.5) is 11.5 Å². The number of aryl methyl sites for hydroxylation is 2. The summed E-state index contributed by atoms with van der Waals surface area (Å²) < 4.78 is 2.22. The quantitative estimate of drug-likeness (QED) is 0.854. The minimum atomic E-state index is 0.684. The second-order valence-electron chi connectivity index (χ2n) is 6.73. The van der Waals surface area contributed by atoms with Gasteiger partial charge < -0.3 is 10.2 Å². The number of aromatic nitrogens is 2. The maximum absolute atomic E-state index is 4.75. The molecule has 3 unspecified atom stereocenters. The molecule has 1 saturated heterocycles. The summed E-state index contributed by atoms with van der Waals surface area (Å²) in [7, 11) is 0. The topological polar surface area (TPSA) is 33.1 Å². The van der Waals surface area contributed by atoms with Crippen LogP contribution in [0.5, 0.6) is 0 Å². The first-order chi connectivity index (χ1) is 9.79. The Kier molecular flexibility index (Phi) is 2.93. The van der Waals surface area contributed by atoms with E-state index >= 15 is 0 Å². The predicted molar refractivity (Wildman–Crippen MR) is 82.4 cm³/mol. The van der Waals surface area contributed by atoms with Crippen LogP contribution in [0.1, 0.15) is 51.1 Å². The highest BCUT2D eigenvalue weighted by atomic mass is 15.4. The van der Waals surface area contributed by atoms with E-state index in [0.717, 1.165) is 25.0 Å². The number of piperidine rings is 1. The first kappa shape index (κ1) is 12.5. The zero-order valence-electron chi connectivity index (χ0n) is 12.7. The number of fused-ring (bicyclic) bond motifs is 5. The lowest BCUT2D eigenvalue weighted by Gasteiger charge is -2.51. The lowest BCUT2D eigenvalue weighted by molar-refractivity contribution is 0.212. The van der Waals surface area contributed by atoms with E-state index in [1.807, 2.05) is 0 Å². The Morgan fingerprint density at radius 2 is 2.05 bits per heavy atom. The third-order valence-electron chi connectivity index (χ3n) is 5.65. The molecule has 0 amide bonds. The van der Waals surface area contributed by atoms with Crippen molar-refractivity contribution in [1.29, 1.82) is 0 Å². The van der Waals surface area contributed by atoms with E-state index in [-0.39, 0.29) is 0 Å². The Morgan fingerprint density at radius 1 is 1.20 bits per heavy atom. The van der Waals surface area contributed by atoms with Gasteiger partial charge in [-0.25, -0.2) is 4.68 Å². The van der Waals surface area contributed by atoms with E-state index in [1.54, 1.807) is 0 Å². The molecule has 0 bridgehead atoms. The van der Waals surface area contributed by atoms with Gasteiger partial charge in [0.2, 0.25) is 0 Å². The molecule has 3 atom stereocenters. The van der Waals surface area contributed by atoms with Crippen LogP contribution < -0.4 is 10.2 Å². The summed E-state index contributed by atoms with van der Waals surface area (Å²) in [6.07, 6.45) is 8.46. The fraction of sp³-hybridized carbons (Fsp3) is 0.812. The van der Waals surface area contributed by atoms with Crippen LogP contribution in [0.15, 0.2) is 0 Å². The molecule has 1 aromatic rings. The van der Waals surface area contributed by atoms with Crippen molar-refractivity contribution in [2.75, 3.05) is 16.8 Å². The largest absolute Gasteiger partial charge is 0.378 e. The van der Waals surface area contributed by atoms with E-state index in [1.165, 1.54) is 55.7 Å². The fourth-order valence-electron chi connectivity index (χ4n) is 4.72. The van der Waals surface area contributed by atoms with Gasteiger partial charge in [0.25, 0.3) is 0 Å². The molecular weight excluding hydrogens is 248 g/mol. The van der Waals surface area contributed by atoms with Crippen LogP contribution in [0.25, 0.3) is 0 Å². The average molecular weight is 274 g/mol. The molecule has 3 heterocycles. The van der Waals surface area contributed by atoms with Crippen LogP contribution in [-0.4, -0.2) is 28.4 Å². The zero-order chi connectivity index (χ0) is 13.7. The van der Waals surface area contributed by atoms with Gasteiger partial charge in [0.1, 0.15) is 5.69 Å². The SMILES string of the molecule is CCn1nc(C)c2c1N1C(CCC3CCCCC31)CN2. The van der Waals surface area contributed by atoms with Crippen LogP contribution in [0, 0.1) is 12.8 Å². The van der Waals surface area contributed by atoms with Gasteiger partial charge in [-0.05, 0) is 45.4 Å². The fourth-order valence-corrected chi connectivity index (χ4v) is 4.72. The van der Waals surface area contributed by atoms with Crippen LogP contribution in [-0.2, 0) is 6.54 Å². The molecule has 1 N–H and O–H groups in total. The maximum Gasteiger partial charge on any atom is 0.151 e. The van der Waals surface area contributed by atoms with Crippen molar-refractivity contribution in [2.24, 2.45) is 5.92 Å². The number of hydrogen-bond donors (Lipinski definition) is 1. The second kappa shape index (κ2) is 4.68. The second-order valence-corrected chi connectivity index (χ2v) is 6.73. The van der Waals surface area contributed by atoms with Gasteiger partial charge in [-0.3, -0.25) is 0 Å². The normalized spacial score (nSPS) is 32.1. The smallest absolute Gasteiger partial charge is 0.151 e. The first-order valence-electron chi connectivity index (χ1n) is 8.39. The summed E-state index contributed by atoms with van der Waals surface area (Å²) in [5, 5.41) is 8.41. The molecule has 0 spiro atoms. The minimum absolute atomic E-state index is 0.684. The van der Waals surface area contributed by atoms with Gasteiger partial charge >= 0.3 is 0 Å². The Morgan fingerprint density at radius 3 is 2.90 bits per heavy atom. The minimum Gasteiger partial charge on any atom is -0.378 e. The molecule has 0 aromatic carbocycles. The van der Waals surface area contributed by atoms with E-state index in [9.17, 15) is 0 Å². The predicted octanol–water partition coefficient (Wildman–Crippen LogP) is 3.16. The Bertz CT molecular complexity index is 507. The molecule has 2 aliphatic heterocycles. The number of nitrogens with one attached hydrogen (secondary N) is 1. The third kappa shape index (κ3) is 1.69. The standard InChI is InChI=1S/C16H26N4/c1-3-19-16-15(11(2)18-19)17-10-13-9-8-12-6-4-5-7-14(12)20(13)16/h12-14,17H,3-10H2,1-2H3. The van der Waals surface area contributed by atoms with Crippen molar-refractivity contribution in [2.45, 2.75) is 71.0 Å². The molecule has 3 aliphatic rings. The highest BCUT2D eigenvalue weighted by Gasteiger charge is 2.42. The van der Waals surface area contributed by atoms with E-state index in [4.69, 9.17) is 5.10 Å².